The Hall–Kier alpha value is -1.78. The van der Waals surface area contributed by atoms with E-state index < -0.39 is 15.3 Å². The van der Waals surface area contributed by atoms with Crippen molar-refractivity contribution in [1.29, 1.82) is 0 Å². The van der Waals surface area contributed by atoms with Crippen molar-refractivity contribution in [2.45, 2.75) is 44.8 Å². The first-order valence-corrected chi connectivity index (χ1v) is 11.9. The van der Waals surface area contributed by atoms with Crippen molar-refractivity contribution >= 4 is 21.9 Å². The summed E-state index contributed by atoms with van der Waals surface area (Å²) in [5.74, 6) is 0.488. The van der Waals surface area contributed by atoms with Crippen molar-refractivity contribution in [3.05, 3.63) is 17.5 Å². The Bertz CT molecular complexity index is 805. The van der Waals surface area contributed by atoms with Gasteiger partial charge in [0.2, 0.25) is 16.0 Å². The third-order valence-corrected chi connectivity index (χ3v) is 7.54. The average Bonchev–Trinajstić information content (AvgIpc) is 3.28. The van der Waals surface area contributed by atoms with Gasteiger partial charge in [-0.3, -0.25) is 4.79 Å². The molecule has 1 atom stereocenters. The lowest BCUT2D eigenvalue weighted by atomic mass is 10.1. The van der Waals surface area contributed by atoms with Gasteiger partial charge < -0.3 is 14.5 Å². The van der Waals surface area contributed by atoms with E-state index in [9.17, 15) is 13.2 Å². The predicted molar refractivity (Wildman–Crippen MR) is 111 cm³/mol. The second-order valence-electron chi connectivity index (χ2n) is 7.54. The summed E-state index contributed by atoms with van der Waals surface area (Å²) in [6.45, 7) is 7.82. The van der Waals surface area contributed by atoms with Crippen LogP contribution in [0.3, 0.4) is 0 Å². The quantitative estimate of drug-likeness (QED) is 0.657. The number of morpholine rings is 1. The van der Waals surface area contributed by atoms with Gasteiger partial charge in [-0.25, -0.2) is 23.1 Å². The molecule has 1 amide bonds. The third-order valence-electron chi connectivity index (χ3n) is 5.54. The molecule has 2 aliphatic rings. The van der Waals surface area contributed by atoms with Gasteiger partial charge in [-0.05, 0) is 26.2 Å². The predicted octanol–water partition coefficient (Wildman–Crippen LogP) is 0.810. The Kier molecular flexibility index (Phi) is 7.42. The Morgan fingerprint density at radius 1 is 1.24 bits per heavy atom. The number of rotatable bonds is 8. The number of nitrogens with zero attached hydrogens (tertiary/aromatic N) is 4. The van der Waals surface area contributed by atoms with E-state index in [0.29, 0.717) is 56.4 Å². The number of ether oxygens (including phenoxy) is 1. The molecule has 2 fully saturated rings. The lowest BCUT2D eigenvalue weighted by Gasteiger charge is -2.27. The van der Waals surface area contributed by atoms with Gasteiger partial charge in [-0.2, -0.15) is 0 Å². The number of anilines is 1. The lowest BCUT2D eigenvalue weighted by Crippen LogP contribution is -2.38. The van der Waals surface area contributed by atoms with Crippen LogP contribution in [0.25, 0.3) is 0 Å². The maximum Gasteiger partial charge on any atom is 0.257 e. The Morgan fingerprint density at radius 2 is 1.93 bits per heavy atom. The molecule has 29 heavy (non-hydrogen) atoms. The smallest absolute Gasteiger partial charge is 0.257 e. The minimum absolute atomic E-state index is 0.0733. The molecule has 0 aromatic carbocycles. The van der Waals surface area contributed by atoms with Crippen molar-refractivity contribution < 1.29 is 17.9 Å². The Morgan fingerprint density at radius 3 is 2.59 bits per heavy atom. The molecule has 0 unspecified atom stereocenters. The molecule has 0 saturated carbocycles. The molecular weight excluding hydrogens is 394 g/mol. The van der Waals surface area contributed by atoms with E-state index in [0.717, 1.165) is 25.9 Å². The molecule has 2 aliphatic heterocycles. The van der Waals surface area contributed by atoms with E-state index in [4.69, 9.17) is 4.74 Å². The van der Waals surface area contributed by atoms with E-state index >= 15 is 0 Å². The van der Waals surface area contributed by atoms with Crippen LogP contribution in [0.4, 0.5) is 5.95 Å². The van der Waals surface area contributed by atoms with Gasteiger partial charge in [0.05, 0.1) is 29.7 Å². The number of likely N-dealkylation sites (tertiary alicyclic amines) is 1. The van der Waals surface area contributed by atoms with Crippen molar-refractivity contribution in [1.82, 2.24) is 19.6 Å². The summed E-state index contributed by atoms with van der Waals surface area (Å²) in [7, 11) is -3.38. The fourth-order valence-corrected chi connectivity index (χ4v) is 4.57. The maximum absolute atomic E-state index is 12.9. The summed E-state index contributed by atoms with van der Waals surface area (Å²) in [5, 5.41) is -0.456. The highest BCUT2D eigenvalue weighted by molar-refractivity contribution is 7.90. The van der Waals surface area contributed by atoms with Gasteiger partial charge in [-0.1, -0.05) is 6.92 Å². The zero-order valence-corrected chi connectivity index (χ0v) is 18.1. The first kappa shape index (κ1) is 21.9. The van der Waals surface area contributed by atoms with Crippen LogP contribution in [-0.4, -0.2) is 80.4 Å². The van der Waals surface area contributed by atoms with E-state index in [1.807, 2.05) is 16.7 Å². The van der Waals surface area contributed by atoms with Crippen LogP contribution < -0.4 is 9.62 Å². The number of amides is 1. The van der Waals surface area contributed by atoms with Crippen LogP contribution >= 0.6 is 0 Å². The van der Waals surface area contributed by atoms with E-state index in [-0.39, 0.29) is 12.5 Å². The molecule has 0 spiro atoms. The number of sulfonamides is 1. The number of hydrogen-bond acceptors (Lipinski definition) is 7. The molecule has 3 rings (SSSR count). The SMILES string of the molecule is CC[C@@H](C)S(=O)(=O)NCCc1nc(N2CCOCC2)ncc1C(=O)N1CCCC1. The second kappa shape index (κ2) is 9.82. The molecule has 9 nitrogen and oxygen atoms in total. The monoisotopic (exact) mass is 425 g/mol. The molecule has 2 saturated heterocycles. The topological polar surface area (TPSA) is 105 Å². The first-order valence-electron chi connectivity index (χ1n) is 10.4. The maximum atomic E-state index is 12.9. The van der Waals surface area contributed by atoms with Crippen LogP contribution in [-0.2, 0) is 21.2 Å². The Labute approximate surface area is 172 Å². The number of nitrogens with one attached hydrogen (secondary N) is 1. The molecule has 1 aromatic rings. The van der Waals surface area contributed by atoms with Crippen LogP contribution in [0.15, 0.2) is 6.20 Å². The summed E-state index contributed by atoms with van der Waals surface area (Å²) >= 11 is 0. The van der Waals surface area contributed by atoms with E-state index in [1.165, 1.54) is 0 Å². The molecule has 1 aromatic heterocycles. The summed E-state index contributed by atoms with van der Waals surface area (Å²) in [5.41, 5.74) is 1.05. The van der Waals surface area contributed by atoms with Gasteiger partial charge in [0, 0.05) is 45.3 Å². The van der Waals surface area contributed by atoms with Crippen LogP contribution in [0.5, 0.6) is 0 Å². The van der Waals surface area contributed by atoms with Gasteiger partial charge in [0.1, 0.15) is 0 Å². The molecular formula is C19H31N5O4S. The minimum Gasteiger partial charge on any atom is -0.378 e. The molecule has 10 heteroatoms. The normalized spacial score (nSPS) is 18.8. The van der Waals surface area contributed by atoms with E-state index in [2.05, 4.69) is 14.7 Å². The Balaban J connectivity index is 1.79. The fourth-order valence-electron chi connectivity index (χ4n) is 3.46. The first-order chi connectivity index (χ1) is 13.9. The highest BCUT2D eigenvalue weighted by atomic mass is 32.2. The average molecular weight is 426 g/mol. The highest BCUT2D eigenvalue weighted by Crippen LogP contribution is 2.18. The largest absolute Gasteiger partial charge is 0.378 e. The fraction of sp³-hybridized carbons (Fsp3) is 0.737. The van der Waals surface area contributed by atoms with Crippen molar-refractivity contribution in [3.63, 3.8) is 0 Å². The summed E-state index contributed by atoms with van der Waals surface area (Å²) in [4.78, 5) is 25.9. The number of aromatic nitrogens is 2. The standard InChI is InChI=1S/C19H31N5O4S/c1-3-15(2)29(26,27)21-7-6-17-16(18(25)23-8-4-5-9-23)14-20-19(22-17)24-10-12-28-13-11-24/h14-15,21H,3-13H2,1-2H3/t15-/m1/s1. The molecule has 0 bridgehead atoms. The minimum atomic E-state index is -3.38. The zero-order valence-electron chi connectivity index (χ0n) is 17.3. The molecule has 162 valence electrons. The van der Waals surface area contributed by atoms with Gasteiger partial charge >= 0.3 is 0 Å². The van der Waals surface area contributed by atoms with Crippen LogP contribution in [0, 0.1) is 0 Å². The molecule has 3 heterocycles. The summed E-state index contributed by atoms with van der Waals surface area (Å²) < 4.78 is 32.5. The van der Waals surface area contributed by atoms with Crippen molar-refractivity contribution in [2.24, 2.45) is 0 Å². The number of hydrogen-bond donors (Lipinski definition) is 1. The van der Waals surface area contributed by atoms with Crippen LogP contribution in [0.2, 0.25) is 0 Å². The lowest BCUT2D eigenvalue weighted by molar-refractivity contribution is 0.0790. The van der Waals surface area contributed by atoms with Crippen LogP contribution in [0.1, 0.15) is 49.2 Å². The molecule has 1 N–H and O–H groups in total. The molecule has 0 aliphatic carbocycles. The van der Waals surface area contributed by atoms with Gasteiger partial charge in [-0.15, -0.1) is 0 Å². The van der Waals surface area contributed by atoms with Gasteiger partial charge in [0.15, 0.2) is 0 Å². The number of carbonyl (C=O) groups is 1. The summed E-state index contributed by atoms with van der Waals surface area (Å²) in [6, 6.07) is 0. The highest BCUT2D eigenvalue weighted by Gasteiger charge is 2.25. The van der Waals surface area contributed by atoms with Crippen molar-refractivity contribution in [3.8, 4) is 0 Å². The summed E-state index contributed by atoms with van der Waals surface area (Å²) in [6.07, 6.45) is 4.48. The zero-order chi connectivity index (χ0) is 20.9. The van der Waals surface area contributed by atoms with Crippen molar-refractivity contribution in [2.75, 3.05) is 50.8 Å². The number of carbonyl (C=O) groups excluding carboxylic acids is 1. The third kappa shape index (κ3) is 5.43. The molecule has 0 radical (unpaired) electrons. The second-order valence-corrected chi connectivity index (χ2v) is 9.72. The van der Waals surface area contributed by atoms with Gasteiger partial charge in [0.25, 0.3) is 5.91 Å². The van der Waals surface area contributed by atoms with E-state index in [1.54, 1.807) is 13.1 Å².